The minimum Gasteiger partial charge on any atom is -0.494 e. The van der Waals surface area contributed by atoms with Crippen LogP contribution in [0.4, 0.5) is 0 Å². The molecule has 2 atom stereocenters. The highest BCUT2D eigenvalue weighted by atomic mass is 16.5. The van der Waals surface area contributed by atoms with Crippen LogP contribution in [0.3, 0.4) is 0 Å². The average molecular weight is 236 g/mol. The highest BCUT2D eigenvalue weighted by Gasteiger charge is 2.23. The number of ether oxygens (including phenoxy) is 1. The molecule has 0 bridgehead atoms. The molecule has 3 nitrogen and oxygen atoms in total. The lowest BCUT2D eigenvalue weighted by atomic mass is 9.86. The standard InChI is InChI=1S/C14H24N2O/c1-5-17-13-9-7-6-8-12(13)14(16-15)11(4)10(2)3/h6-11,14,16H,5,15H2,1-4H3. The molecule has 1 aromatic rings. The van der Waals surface area contributed by atoms with Crippen LogP contribution < -0.4 is 16.0 Å². The molecule has 0 saturated carbocycles. The van der Waals surface area contributed by atoms with Gasteiger partial charge in [0.1, 0.15) is 5.75 Å². The van der Waals surface area contributed by atoms with Gasteiger partial charge in [-0.15, -0.1) is 0 Å². The fourth-order valence-corrected chi connectivity index (χ4v) is 1.93. The SMILES string of the molecule is CCOc1ccccc1C(NN)C(C)C(C)C. The van der Waals surface area contributed by atoms with Crippen molar-refractivity contribution in [2.24, 2.45) is 17.7 Å². The Labute approximate surface area is 104 Å². The summed E-state index contributed by atoms with van der Waals surface area (Å²) in [5.74, 6) is 7.63. The molecule has 0 aliphatic heterocycles. The molecule has 3 N–H and O–H groups in total. The third-order valence-corrected chi connectivity index (χ3v) is 3.31. The van der Waals surface area contributed by atoms with E-state index < -0.39 is 0 Å². The molecule has 0 heterocycles. The number of nitrogens with two attached hydrogens (primary N) is 1. The van der Waals surface area contributed by atoms with E-state index in [4.69, 9.17) is 10.6 Å². The van der Waals surface area contributed by atoms with Gasteiger partial charge in [0.2, 0.25) is 0 Å². The van der Waals surface area contributed by atoms with Gasteiger partial charge in [-0.05, 0) is 24.8 Å². The zero-order valence-electron chi connectivity index (χ0n) is 11.2. The van der Waals surface area contributed by atoms with Crippen LogP contribution in [0.15, 0.2) is 24.3 Å². The summed E-state index contributed by atoms with van der Waals surface area (Å²) in [6.07, 6.45) is 0. The number of hydrogen-bond donors (Lipinski definition) is 2. The predicted octanol–water partition coefficient (Wildman–Crippen LogP) is 2.88. The van der Waals surface area contributed by atoms with Crippen LogP contribution in [0.5, 0.6) is 5.75 Å². The van der Waals surface area contributed by atoms with Gasteiger partial charge in [-0.3, -0.25) is 11.3 Å². The van der Waals surface area contributed by atoms with Gasteiger partial charge >= 0.3 is 0 Å². The van der Waals surface area contributed by atoms with Crippen molar-refractivity contribution in [2.45, 2.75) is 33.7 Å². The summed E-state index contributed by atoms with van der Waals surface area (Å²) in [5, 5.41) is 0. The largest absolute Gasteiger partial charge is 0.494 e. The Hall–Kier alpha value is -1.06. The van der Waals surface area contributed by atoms with Crippen LogP contribution in [-0.2, 0) is 0 Å². The summed E-state index contributed by atoms with van der Waals surface area (Å²) in [6.45, 7) is 9.28. The Morgan fingerprint density at radius 2 is 1.88 bits per heavy atom. The van der Waals surface area contributed by atoms with E-state index in [-0.39, 0.29) is 6.04 Å². The molecular weight excluding hydrogens is 212 g/mol. The van der Waals surface area contributed by atoms with Crippen molar-refractivity contribution >= 4 is 0 Å². The first-order valence-electron chi connectivity index (χ1n) is 6.29. The van der Waals surface area contributed by atoms with E-state index in [1.54, 1.807) is 0 Å². The molecule has 0 fully saturated rings. The van der Waals surface area contributed by atoms with Gasteiger partial charge in [-0.2, -0.15) is 0 Å². The number of rotatable bonds is 6. The topological polar surface area (TPSA) is 47.3 Å². The molecular formula is C14H24N2O. The molecule has 1 aromatic carbocycles. The van der Waals surface area contributed by atoms with E-state index in [2.05, 4.69) is 32.3 Å². The van der Waals surface area contributed by atoms with E-state index in [0.717, 1.165) is 11.3 Å². The lowest BCUT2D eigenvalue weighted by Gasteiger charge is -2.28. The lowest BCUT2D eigenvalue weighted by molar-refractivity contribution is 0.286. The molecule has 3 heteroatoms. The predicted molar refractivity (Wildman–Crippen MR) is 71.7 cm³/mol. The zero-order valence-corrected chi connectivity index (χ0v) is 11.2. The van der Waals surface area contributed by atoms with Crippen LogP contribution in [0.25, 0.3) is 0 Å². The first kappa shape index (κ1) is 14.0. The molecule has 0 radical (unpaired) electrons. The molecule has 96 valence electrons. The van der Waals surface area contributed by atoms with E-state index >= 15 is 0 Å². The Kier molecular flexibility index (Phi) is 5.45. The van der Waals surface area contributed by atoms with Crippen molar-refractivity contribution < 1.29 is 4.74 Å². The molecule has 1 rings (SSSR count). The maximum Gasteiger partial charge on any atom is 0.124 e. The van der Waals surface area contributed by atoms with Crippen LogP contribution in [0.1, 0.15) is 39.3 Å². The van der Waals surface area contributed by atoms with Gasteiger partial charge in [0.25, 0.3) is 0 Å². The maximum absolute atomic E-state index is 5.70. The summed E-state index contributed by atoms with van der Waals surface area (Å²) >= 11 is 0. The van der Waals surface area contributed by atoms with Crippen LogP contribution in [0, 0.1) is 11.8 Å². The average Bonchev–Trinajstić information content (AvgIpc) is 2.32. The van der Waals surface area contributed by atoms with Gasteiger partial charge in [0, 0.05) is 5.56 Å². The second-order valence-corrected chi connectivity index (χ2v) is 4.72. The van der Waals surface area contributed by atoms with Crippen LogP contribution >= 0.6 is 0 Å². The summed E-state index contributed by atoms with van der Waals surface area (Å²) in [6, 6.07) is 8.21. The normalized spacial score (nSPS) is 14.7. The van der Waals surface area contributed by atoms with Crippen molar-refractivity contribution in [3.63, 3.8) is 0 Å². The van der Waals surface area contributed by atoms with Gasteiger partial charge in [-0.1, -0.05) is 39.0 Å². The van der Waals surface area contributed by atoms with Gasteiger partial charge in [-0.25, -0.2) is 0 Å². The van der Waals surface area contributed by atoms with E-state index in [0.29, 0.717) is 18.4 Å². The second-order valence-electron chi connectivity index (χ2n) is 4.72. The van der Waals surface area contributed by atoms with Crippen molar-refractivity contribution in [2.75, 3.05) is 6.61 Å². The Morgan fingerprint density at radius 3 is 2.41 bits per heavy atom. The number of benzene rings is 1. The monoisotopic (exact) mass is 236 g/mol. The molecule has 2 unspecified atom stereocenters. The van der Waals surface area contributed by atoms with Crippen molar-refractivity contribution in [1.29, 1.82) is 0 Å². The Balaban J connectivity index is 3.02. The minimum absolute atomic E-state index is 0.123. The highest BCUT2D eigenvalue weighted by molar-refractivity contribution is 5.36. The number of nitrogens with one attached hydrogen (secondary N) is 1. The highest BCUT2D eigenvalue weighted by Crippen LogP contribution is 2.32. The fourth-order valence-electron chi connectivity index (χ4n) is 1.93. The van der Waals surface area contributed by atoms with Gasteiger partial charge < -0.3 is 4.74 Å². The lowest BCUT2D eigenvalue weighted by Crippen LogP contribution is -2.34. The van der Waals surface area contributed by atoms with Gasteiger partial charge in [0.15, 0.2) is 0 Å². The molecule has 0 saturated heterocycles. The number of hydrazine groups is 1. The van der Waals surface area contributed by atoms with E-state index in [9.17, 15) is 0 Å². The smallest absolute Gasteiger partial charge is 0.124 e. The molecule has 0 amide bonds. The first-order chi connectivity index (χ1) is 8.11. The Bertz CT molecular complexity index is 339. The maximum atomic E-state index is 5.70. The Morgan fingerprint density at radius 1 is 1.24 bits per heavy atom. The molecule has 0 aromatic heterocycles. The number of hydrogen-bond acceptors (Lipinski definition) is 3. The zero-order chi connectivity index (χ0) is 12.8. The van der Waals surface area contributed by atoms with E-state index in [1.807, 2.05) is 25.1 Å². The third-order valence-electron chi connectivity index (χ3n) is 3.31. The van der Waals surface area contributed by atoms with Crippen LogP contribution in [0.2, 0.25) is 0 Å². The summed E-state index contributed by atoms with van der Waals surface area (Å²) in [7, 11) is 0. The molecule has 17 heavy (non-hydrogen) atoms. The molecule has 0 aliphatic rings. The third kappa shape index (κ3) is 3.45. The van der Waals surface area contributed by atoms with Crippen molar-refractivity contribution in [1.82, 2.24) is 5.43 Å². The summed E-state index contributed by atoms with van der Waals surface area (Å²) < 4.78 is 5.65. The second kappa shape index (κ2) is 6.62. The van der Waals surface area contributed by atoms with Crippen LogP contribution in [-0.4, -0.2) is 6.61 Å². The summed E-state index contributed by atoms with van der Waals surface area (Å²) in [4.78, 5) is 0. The molecule has 0 aliphatic carbocycles. The summed E-state index contributed by atoms with van der Waals surface area (Å²) in [5.41, 5.74) is 4.06. The van der Waals surface area contributed by atoms with Crippen molar-refractivity contribution in [3.8, 4) is 5.75 Å². The minimum atomic E-state index is 0.123. The molecule has 0 spiro atoms. The fraction of sp³-hybridized carbons (Fsp3) is 0.571. The first-order valence-corrected chi connectivity index (χ1v) is 6.29. The quantitative estimate of drug-likeness (QED) is 0.590. The van der Waals surface area contributed by atoms with E-state index in [1.165, 1.54) is 0 Å². The van der Waals surface area contributed by atoms with Crippen molar-refractivity contribution in [3.05, 3.63) is 29.8 Å². The number of para-hydroxylation sites is 1. The van der Waals surface area contributed by atoms with Gasteiger partial charge in [0.05, 0.1) is 12.6 Å².